The van der Waals surface area contributed by atoms with E-state index in [0.717, 1.165) is 0 Å². The van der Waals surface area contributed by atoms with Gasteiger partial charge >= 0.3 is 152 Å². The average Bonchev–Trinajstić information content (AvgIpc) is 3.22. The Bertz CT molecular complexity index is 448. The maximum atomic E-state index is 12.3. The van der Waals surface area contributed by atoms with Gasteiger partial charge in [0.1, 0.15) is 0 Å². The summed E-state index contributed by atoms with van der Waals surface area (Å²) in [6, 6.07) is 0. The van der Waals surface area contributed by atoms with E-state index in [-0.39, 0.29) is 58.5 Å². The van der Waals surface area contributed by atoms with Crippen molar-refractivity contribution >= 4 is 26.3 Å². The Hall–Kier alpha value is 0.810. The second-order valence-electron chi connectivity index (χ2n) is 7.72. The summed E-state index contributed by atoms with van der Waals surface area (Å²) in [6.07, 6.45) is 3.72. The minimum atomic E-state index is -1.07. The van der Waals surface area contributed by atoms with E-state index in [1.165, 1.54) is 19.3 Å². The molecule has 2 aliphatic heterocycles. The number of ether oxygens (including phenoxy) is 2. The topological polar surface area (TPSA) is 79.4 Å². The van der Waals surface area contributed by atoms with Gasteiger partial charge in [-0.25, -0.2) is 0 Å². The van der Waals surface area contributed by atoms with E-state index in [9.17, 15) is 4.79 Å². The van der Waals surface area contributed by atoms with Crippen LogP contribution in [0.25, 0.3) is 0 Å². The Balaban J connectivity index is 1.52. The zero-order chi connectivity index (χ0) is 16.2. The Kier molecular flexibility index (Phi) is 4.78. The van der Waals surface area contributed by atoms with E-state index < -0.39 is 20.4 Å². The van der Waals surface area contributed by atoms with Gasteiger partial charge in [0.25, 0.3) is 0 Å². The van der Waals surface area contributed by atoms with Gasteiger partial charge in [-0.3, -0.25) is 0 Å². The molecule has 3 rings (SSSR count). The molecule has 0 aromatic carbocycles. The van der Waals surface area contributed by atoms with Crippen molar-refractivity contribution in [1.82, 2.24) is 7.06 Å². The SMILES string of the molecule is C[I-]C(C(=O)OCOC1C(C)(C)CCCC1(C)C)C12NI1N2. The van der Waals surface area contributed by atoms with Crippen LogP contribution in [-0.4, -0.2) is 31.4 Å². The normalized spacial score (nSPS) is 30.5. The van der Waals surface area contributed by atoms with Crippen molar-refractivity contribution in [2.24, 2.45) is 10.8 Å². The number of esters is 1. The average molecular weight is 537 g/mol. The third-order valence-electron chi connectivity index (χ3n) is 4.96. The van der Waals surface area contributed by atoms with Crippen LogP contribution in [-0.2, 0) is 14.3 Å². The molecule has 0 radical (unpaired) electrons. The molecule has 0 bridgehead atoms. The molecule has 7 heteroatoms. The van der Waals surface area contributed by atoms with E-state index >= 15 is 0 Å². The van der Waals surface area contributed by atoms with Gasteiger partial charge in [-0.1, -0.05) is 0 Å². The second kappa shape index (κ2) is 5.96. The molecule has 1 aliphatic carbocycles. The molecule has 130 valence electrons. The third kappa shape index (κ3) is 3.16. The van der Waals surface area contributed by atoms with Gasteiger partial charge in [-0.15, -0.1) is 0 Å². The van der Waals surface area contributed by atoms with Crippen LogP contribution in [0.1, 0.15) is 47.0 Å². The van der Waals surface area contributed by atoms with Crippen LogP contribution in [0.5, 0.6) is 0 Å². The first kappa shape index (κ1) is 17.6. The molecule has 0 spiro atoms. The molecule has 3 fully saturated rings. The van der Waals surface area contributed by atoms with Crippen molar-refractivity contribution in [3.8, 4) is 0 Å². The first-order valence-corrected chi connectivity index (χ1v) is 14.4. The number of hydrogen-bond acceptors (Lipinski definition) is 5. The van der Waals surface area contributed by atoms with Gasteiger partial charge in [0.2, 0.25) is 0 Å². The number of nitrogens with one attached hydrogen (secondary N) is 2. The summed E-state index contributed by atoms with van der Waals surface area (Å²) in [5, 5.41) is 0. The molecule has 0 aromatic rings. The van der Waals surface area contributed by atoms with Crippen molar-refractivity contribution in [1.29, 1.82) is 0 Å². The van der Waals surface area contributed by atoms with Crippen LogP contribution < -0.4 is 28.3 Å². The number of carbonyl (C=O) groups excluding carboxylic acids is 1. The zero-order valence-corrected chi connectivity index (χ0v) is 18.3. The minimum absolute atomic E-state index is 0.0480. The summed E-state index contributed by atoms with van der Waals surface area (Å²) in [5.74, 6) is -0.0704. The Morgan fingerprint density at radius 1 is 1.27 bits per heavy atom. The van der Waals surface area contributed by atoms with Gasteiger partial charge in [-0.2, -0.15) is 0 Å². The van der Waals surface area contributed by atoms with Gasteiger partial charge in [0.05, 0.1) is 0 Å². The van der Waals surface area contributed by atoms with Gasteiger partial charge in [-0.05, 0) is 0 Å². The summed E-state index contributed by atoms with van der Waals surface area (Å²) >= 11 is -1.24. The number of alkyl halides is 3. The standard InChI is InChI=1S/C15H27I2N2O3/c1-13(2)7-6-8-14(3,4)12(13)22-9-21-11(20)10(16-5)15-17(18-15)19-15/h10,12,18-19H,6-9H2,1-5H3/q-1. The predicted molar refractivity (Wildman–Crippen MR) is 90.0 cm³/mol. The molecule has 5 nitrogen and oxygen atoms in total. The summed E-state index contributed by atoms with van der Waals surface area (Å²) in [7, 11) is 0. The van der Waals surface area contributed by atoms with E-state index in [1.54, 1.807) is 0 Å². The third-order valence-corrected chi connectivity index (χ3v) is 13.4. The van der Waals surface area contributed by atoms with Gasteiger partial charge in [0, 0.05) is 0 Å². The van der Waals surface area contributed by atoms with E-state index in [0.29, 0.717) is 0 Å². The monoisotopic (exact) mass is 537 g/mol. The Morgan fingerprint density at radius 3 is 2.27 bits per heavy atom. The summed E-state index contributed by atoms with van der Waals surface area (Å²) < 4.78 is 18.5. The molecule has 1 unspecified atom stereocenters. The summed E-state index contributed by atoms with van der Waals surface area (Å²) in [4.78, 5) is 14.5. The molecule has 0 amide bonds. The summed E-state index contributed by atoms with van der Waals surface area (Å²) in [5.41, 5.74) is 0.276. The molecule has 2 saturated heterocycles. The summed E-state index contributed by atoms with van der Waals surface area (Å²) in [6.45, 7) is 9.15. The fourth-order valence-corrected chi connectivity index (χ4v) is 14.2. The van der Waals surface area contributed by atoms with Crippen LogP contribution in [0.4, 0.5) is 0 Å². The number of hydrogen-bond donors (Lipinski definition) is 2. The van der Waals surface area contributed by atoms with Gasteiger partial charge in [0.15, 0.2) is 0 Å². The van der Waals surface area contributed by atoms with Crippen LogP contribution in [0.3, 0.4) is 0 Å². The van der Waals surface area contributed by atoms with E-state index in [1.807, 2.05) is 0 Å². The first-order chi connectivity index (χ1) is 10.2. The second-order valence-corrected chi connectivity index (χ2v) is 14.6. The Morgan fingerprint density at radius 2 is 1.82 bits per heavy atom. The van der Waals surface area contributed by atoms with Gasteiger partial charge < -0.3 is 0 Å². The maximum absolute atomic E-state index is 12.3. The number of carbonyl (C=O) groups is 1. The van der Waals surface area contributed by atoms with E-state index in [4.69, 9.17) is 9.47 Å². The van der Waals surface area contributed by atoms with Crippen molar-refractivity contribution in [3.05, 3.63) is 0 Å². The van der Waals surface area contributed by atoms with Crippen LogP contribution in [0, 0.1) is 10.8 Å². The molecule has 2 heterocycles. The molecule has 1 atom stereocenters. The number of rotatable bonds is 6. The number of halogens is 2. The van der Waals surface area contributed by atoms with Crippen LogP contribution in [0.2, 0.25) is 0 Å². The van der Waals surface area contributed by atoms with Crippen molar-refractivity contribution < 1.29 is 35.5 Å². The molecule has 3 aliphatic rings. The molecular formula is C15H27I2N2O3-. The molecular weight excluding hydrogens is 510 g/mol. The fourth-order valence-electron chi connectivity index (χ4n) is 3.84. The first-order valence-electron chi connectivity index (χ1n) is 7.75. The molecule has 1 saturated carbocycles. The zero-order valence-electron chi connectivity index (χ0n) is 14.0. The predicted octanol–water partition coefficient (Wildman–Crippen LogP) is -0.607. The molecule has 22 heavy (non-hydrogen) atoms. The molecule has 0 aromatic heterocycles. The fraction of sp³-hybridized carbons (Fsp3) is 0.933. The van der Waals surface area contributed by atoms with Crippen LogP contribution >= 0.6 is 20.4 Å². The molecule has 2 N–H and O–H groups in total. The number of fused-ring (bicyclic) bond motifs is 1. The van der Waals surface area contributed by atoms with Crippen molar-refractivity contribution in [3.63, 3.8) is 0 Å². The Labute approximate surface area is 151 Å². The quantitative estimate of drug-likeness (QED) is 0.0901. The van der Waals surface area contributed by atoms with E-state index in [2.05, 4.69) is 39.7 Å². The van der Waals surface area contributed by atoms with Crippen LogP contribution in [0.15, 0.2) is 0 Å². The van der Waals surface area contributed by atoms with Crippen molar-refractivity contribution in [2.75, 3.05) is 11.7 Å². The van der Waals surface area contributed by atoms with Crippen molar-refractivity contribution in [2.45, 2.75) is 60.7 Å².